The van der Waals surface area contributed by atoms with E-state index in [4.69, 9.17) is 27.9 Å². The van der Waals surface area contributed by atoms with Crippen molar-refractivity contribution in [2.75, 3.05) is 12.4 Å². The molecule has 0 radical (unpaired) electrons. The summed E-state index contributed by atoms with van der Waals surface area (Å²) in [5, 5.41) is 9.10. The number of amides is 2. The molecular weight excluding hydrogens is 462 g/mol. The summed E-state index contributed by atoms with van der Waals surface area (Å²) in [6, 6.07) is 3.52. The van der Waals surface area contributed by atoms with Crippen LogP contribution in [0.1, 0.15) is 40.5 Å². The Balaban J connectivity index is 1.62. The van der Waals surface area contributed by atoms with Gasteiger partial charge in [0.15, 0.2) is 0 Å². The standard InChI is InChI=1S/C20H19Cl2FN6O3/c1-28(20(31)32-19-24-9-25-27-19)14-5-3-4-11-15(14)17(22)29(2)16(11)18(30)26-10-6-7-13(23)12(21)8-10/h6-9,14H,3-5H2,1-2H3,(H,26,30)(H,24,25,27). The predicted octanol–water partition coefficient (Wildman–Crippen LogP) is 4.35. The molecule has 2 N–H and O–H groups in total. The van der Waals surface area contributed by atoms with Gasteiger partial charge in [-0.1, -0.05) is 23.2 Å². The molecule has 1 aliphatic rings. The number of nitrogens with one attached hydrogen (secondary N) is 2. The van der Waals surface area contributed by atoms with E-state index < -0.39 is 23.9 Å². The Morgan fingerprint density at radius 1 is 1.38 bits per heavy atom. The van der Waals surface area contributed by atoms with Crippen LogP contribution < -0.4 is 10.1 Å². The minimum absolute atomic E-state index is 0.0185. The summed E-state index contributed by atoms with van der Waals surface area (Å²) in [6.45, 7) is 0. The number of nitrogens with zero attached hydrogens (tertiary/aromatic N) is 4. The fourth-order valence-corrected chi connectivity index (χ4v) is 4.41. The predicted molar refractivity (Wildman–Crippen MR) is 116 cm³/mol. The van der Waals surface area contributed by atoms with Gasteiger partial charge < -0.3 is 19.5 Å². The number of anilines is 1. The maximum Gasteiger partial charge on any atom is 0.417 e. The van der Waals surface area contributed by atoms with Crippen molar-refractivity contribution in [3.63, 3.8) is 0 Å². The van der Waals surface area contributed by atoms with Crippen molar-refractivity contribution in [2.45, 2.75) is 25.3 Å². The SMILES string of the molecule is CN(C(=O)Oc1ncn[nH]1)C1CCCc2c1c(Cl)n(C)c2C(=O)Nc1ccc(F)c(Cl)c1. The number of benzene rings is 1. The molecular formula is C20H19Cl2FN6O3. The highest BCUT2D eigenvalue weighted by molar-refractivity contribution is 6.31. The molecule has 1 aromatic carbocycles. The number of fused-ring (bicyclic) bond motifs is 1. The number of aromatic amines is 1. The number of H-pyrrole nitrogens is 1. The van der Waals surface area contributed by atoms with Gasteiger partial charge >= 0.3 is 12.1 Å². The third-order valence-electron chi connectivity index (χ3n) is 5.43. The van der Waals surface area contributed by atoms with Crippen LogP contribution in [0.3, 0.4) is 0 Å². The summed E-state index contributed by atoms with van der Waals surface area (Å²) in [5.74, 6) is -0.988. The van der Waals surface area contributed by atoms with E-state index in [2.05, 4.69) is 20.5 Å². The average molecular weight is 481 g/mol. The van der Waals surface area contributed by atoms with Crippen molar-refractivity contribution in [2.24, 2.45) is 7.05 Å². The minimum atomic E-state index is -0.633. The third-order valence-corrected chi connectivity index (χ3v) is 6.17. The molecule has 1 unspecified atom stereocenters. The van der Waals surface area contributed by atoms with E-state index in [0.717, 1.165) is 12.0 Å². The number of carbonyl (C=O) groups excluding carboxylic acids is 2. The van der Waals surface area contributed by atoms with Crippen molar-refractivity contribution in [1.29, 1.82) is 0 Å². The first kappa shape index (κ1) is 22.1. The fraction of sp³-hybridized carbons (Fsp3) is 0.300. The van der Waals surface area contributed by atoms with E-state index in [1.54, 1.807) is 18.7 Å². The number of halogens is 3. The summed E-state index contributed by atoms with van der Waals surface area (Å²) >= 11 is 12.4. The van der Waals surface area contributed by atoms with Crippen LogP contribution >= 0.6 is 23.2 Å². The van der Waals surface area contributed by atoms with Crippen LogP contribution in [-0.4, -0.2) is 43.7 Å². The Morgan fingerprint density at radius 2 is 2.16 bits per heavy atom. The Labute approximate surface area is 192 Å². The molecule has 0 spiro atoms. The van der Waals surface area contributed by atoms with Crippen molar-refractivity contribution in [3.05, 3.63) is 57.3 Å². The van der Waals surface area contributed by atoms with Crippen LogP contribution in [0, 0.1) is 5.82 Å². The first-order valence-electron chi connectivity index (χ1n) is 9.71. The molecule has 168 valence electrons. The zero-order valence-corrected chi connectivity index (χ0v) is 18.7. The molecule has 1 aliphatic carbocycles. The molecule has 9 nitrogen and oxygen atoms in total. The van der Waals surface area contributed by atoms with E-state index in [9.17, 15) is 14.0 Å². The lowest BCUT2D eigenvalue weighted by Crippen LogP contribution is -2.35. The van der Waals surface area contributed by atoms with Crippen molar-refractivity contribution < 1.29 is 18.7 Å². The monoisotopic (exact) mass is 480 g/mol. The second-order valence-corrected chi connectivity index (χ2v) is 8.12. The van der Waals surface area contributed by atoms with E-state index in [1.165, 1.54) is 29.4 Å². The zero-order chi connectivity index (χ0) is 23.0. The smallest absolute Gasteiger partial charge is 0.374 e. The molecule has 4 rings (SSSR count). The van der Waals surface area contributed by atoms with E-state index in [1.807, 2.05) is 0 Å². The second kappa shape index (κ2) is 8.79. The molecule has 0 saturated heterocycles. The molecule has 0 aliphatic heterocycles. The van der Waals surface area contributed by atoms with Gasteiger partial charge in [0, 0.05) is 25.3 Å². The molecule has 0 saturated carbocycles. The highest BCUT2D eigenvalue weighted by atomic mass is 35.5. The molecule has 0 fully saturated rings. The summed E-state index contributed by atoms with van der Waals surface area (Å²) in [6.07, 6.45) is 2.60. The molecule has 32 heavy (non-hydrogen) atoms. The summed E-state index contributed by atoms with van der Waals surface area (Å²) in [5.41, 5.74) is 2.17. The molecule has 2 heterocycles. The van der Waals surface area contributed by atoms with Crippen molar-refractivity contribution in [1.82, 2.24) is 24.6 Å². The van der Waals surface area contributed by atoms with E-state index >= 15 is 0 Å². The van der Waals surface area contributed by atoms with Crippen molar-refractivity contribution >= 4 is 40.9 Å². The van der Waals surface area contributed by atoms with Crippen LogP contribution in [0.4, 0.5) is 14.9 Å². The lowest BCUT2D eigenvalue weighted by atomic mass is 9.88. The van der Waals surface area contributed by atoms with Gasteiger partial charge in [0.25, 0.3) is 5.91 Å². The van der Waals surface area contributed by atoms with Gasteiger partial charge in [-0.3, -0.25) is 4.79 Å². The van der Waals surface area contributed by atoms with E-state index in [-0.39, 0.29) is 11.0 Å². The minimum Gasteiger partial charge on any atom is -0.374 e. The molecule has 2 aromatic heterocycles. The largest absolute Gasteiger partial charge is 0.417 e. The maximum absolute atomic E-state index is 13.4. The number of ether oxygens (including phenoxy) is 1. The number of carbonyl (C=O) groups is 2. The van der Waals surface area contributed by atoms with Gasteiger partial charge in [-0.2, -0.15) is 10.1 Å². The molecule has 0 bridgehead atoms. The third kappa shape index (κ3) is 4.03. The highest BCUT2D eigenvalue weighted by Crippen LogP contribution is 2.41. The lowest BCUT2D eigenvalue weighted by molar-refractivity contribution is 0.101. The Morgan fingerprint density at radius 3 is 2.84 bits per heavy atom. The first-order chi connectivity index (χ1) is 15.3. The quantitative estimate of drug-likeness (QED) is 0.577. The summed E-state index contributed by atoms with van der Waals surface area (Å²) < 4.78 is 20.2. The van der Waals surface area contributed by atoms with Gasteiger partial charge in [0.2, 0.25) is 0 Å². The van der Waals surface area contributed by atoms with Gasteiger partial charge in [-0.15, -0.1) is 0 Å². The Bertz CT molecular complexity index is 1180. The van der Waals surface area contributed by atoms with Crippen LogP contribution in [0.2, 0.25) is 10.2 Å². The zero-order valence-electron chi connectivity index (χ0n) is 17.2. The maximum atomic E-state index is 13.4. The number of rotatable bonds is 4. The fourth-order valence-electron chi connectivity index (χ4n) is 3.91. The molecule has 2 amide bonds. The topological polar surface area (TPSA) is 105 Å². The number of hydrogen-bond donors (Lipinski definition) is 2. The molecule has 12 heteroatoms. The second-order valence-electron chi connectivity index (χ2n) is 7.35. The lowest BCUT2D eigenvalue weighted by Gasteiger charge is -2.31. The number of hydrogen-bond acceptors (Lipinski definition) is 5. The Kier molecular flexibility index (Phi) is 6.07. The van der Waals surface area contributed by atoms with Gasteiger partial charge in [0.1, 0.15) is 23.0 Å². The summed E-state index contributed by atoms with van der Waals surface area (Å²) in [7, 11) is 3.28. The Hall–Kier alpha value is -3.11. The van der Waals surface area contributed by atoms with Gasteiger partial charge in [-0.05, 0) is 43.0 Å². The van der Waals surface area contributed by atoms with Crippen LogP contribution in [0.25, 0.3) is 0 Å². The van der Waals surface area contributed by atoms with Gasteiger partial charge in [-0.25, -0.2) is 14.3 Å². The molecule has 1 atom stereocenters. The average Bonchev–Trinajstić information content (AvgIpc) is 3.36. The molecule has 3 aromatic rings. The normalized spacial score (nSPS) is 15.2. The summed E-state index contributed by atoms with van der Waals surface area (Å²) in [4.78, 5) is 30.9. The van der Waals surface area contributed by atoms with E-state index in [0.29, 0.717) is 34.9 Å². The highest BCUT2D eigenvalue weighted by Gasteiger charge is 2.36. The van der Waals surface area contributed by atoms with Crippen LogP contribution in [-0.2, 0) is 13.5 Å². The number of aromatic nitrogens is 4. The first-order valence-corrected chi connectivity index (χ1v) is 10.5. The van der Waals surface area contributed by atoms with Crippen molar-refractivity contribution in [3.8, 4) is 6.01 Å². The van der Waals surface area contributed by atoms with Gasteiger partial charge in [0.05, 0.1) is 11.1 Å². The van der Waals surface area contributed by atoms with Crippen LogP contribution in [0.5, 0.6) is 6.01 Å². The van der Waals surface area contributed by atoms with Crippen LogP contribution in [0.15, 0.2) is 24.5 Å².